The number of rotatable bonds is 4. The van der Waals surface area contributed by atoms with E-state index in [1.165, 1.54) is 18.3 Å². The van der Waals surface area contributed by atoms with Crippen molar-refractivity contribution in [3.8, 4) is 0 Å². The summed E-state index contributed by atoms with van der Waals surface area (Å²) < 4.78 is 0. The molecule has 2 N–H and O–H groups in total. The Labute approximate surface area is 117 Å². The van der Waals surface area contributed by atoms with Gasteiger partial charge in [0.05, 0.1) is 5.69 Å². The second kappa shape index (κ2) is 5.98. The summed E-state index contributed by atoms with van der Waals surface area (Å²) in [5, 5.41) is 14.8. The Morgan fingerprint density at radius 1 is 1.68 bits per heavy atom. The number of aromatic nitrogens is 1. The van der Waals surface area contributed by atoms with Crippen LogP contribution in [0.1, 0.15) is 32.4 Å². The zero-order valence-corrected chi connectivity index (χ0v) is 12.3. The van der Waals surface area contributed by atoms with Crippen molar-refractivity contribution in [3.05, 3.63) is 11.1 Å². The minimum atomic E-state index is -0.0910. The lowest BCUT2D eigenvalue weighted by atomic mass is 9.83. The smallest absolute Gasteiger partial charge is 0.223 e. The lowest BCUT2D eigenvalue weighted by Crippen LogP contribution is -2.43. The van der Waals surface area contributed by atoms with Crippen LogP contribution in [-0.2, 0) is 11.3 Å². The fourth-order valence-corrected chi connectivity index (χ4v) is 3.26. The number of nitrogens with zero attached hydrogens (tertiary/aromatic N) is 2. The number of hydrogen-bond donors (Lipinski definition) is 2. The van der Waals surface area contributed by atoms with E-state index >= 15 is 0 Å². The average molecular weight is 283 g/mol. The van der Waals surface area contributed by atoms with Crippen molar-refractivity contribution < 1.29 is 9.90 Å². The first-order valence-corrected chi connectivity index (χ1v) is 7.44. The molecule has 1 unspecified atom stereocenters. The van der Waals surface area contributed by atoms with Crippen LogP contribution >= 0.6 is 11.3 Å². The number of thiazole rings is 1. The SMILES string of the molecule is CC(=O)Nc1nc(CN2CCCC(C)(CO)C2)cs1. The maximum atomic E-state index is 11.0. The van der Waals surface area contributed by atoms with Crippen LogP contribution in [0.3, 0.4) is 0 Å². The summed E-state index contributed by atoms with van der Waals surface area (Å²) in [6.07, 6.45) is 2.19. The Bertz CT molecular complexity index is 449. The van der Waals surface area contributed by atoms with Gasteiger partial charge in [0.1, 0.15) is 0 Å². The molecule has 1 aliphatic heterocycles. The lowest BCUT2D eigenvalue weighted by molar-refractivity contribution is -0.114. The molecule has 6 heteroatoms. The Balaban J connectivity index is 1.93. The van der Waals surface area contributed by atoms with E-state index in [1.54, 1.807) is 0 Å². The van der Waals surface area contributed by atoms with Crippen molar-refractivity contribution in [1.29, 1.82) is 0 Å². The monoisotopic (exact) mass is 283 g/mol. The van der Waals surface area contributed by atoms with E-state index in [1.807, 2.05) is 5.38 Å². The molecule has 106 valence electrons. The van der Waals surface area contributed by atoms with Crippen LogP contribution in [0.5, 0.6) is 0 Å². The second-order valence-electron chi connectivity index (χ2n) is 5.61. The molecule has 1 aromatic rings. The van der Waals surface area contributed by atoms with E-state index in [4.69, 9.17) is 0 Å². The van der Waals surface area contributed by atoms with Gasteiger partial charge in [-0.15, -0.1) is 11.3 Å². The predicted octanol–water partition coefficient (Wildman–Crippen LogP) is 1.70. The molecule has 1 aromatic heterocycles. The Morgan fingerprint density at radius 2 is 2.47 bits per heavy atom. The Hall–Kier alpha value is -0.980. The number of anilines is 1. The van der Waals surface area contributed by atoms with Crippen LogP contribution in [0.15, 0.2) is 5.38 Å². The number of carbonyl (C=O) groups excluding carboxylic acids is 1. The number of hydrogen-bond acceptors (Lipinski definition) is 5. The summed E-state index contributed by atoms with van der Waals surface area (Å²) in [4.78, 5) is 17.7. The minimum absolute atomic E-state index is 0.00867. The van der Waals surface area contributed by atoms with Crippen molar-refractivity contribution in [1.82, 2.24) is 9.88 Å². The van der Waals surface area contributed by atoms with Gasteiger partial charge in [-0.05, 0) is 19.4 Å². The highest BCUT2D eigenvalue weighted by Gasteiger charge is 2.30. The molecule has 1 aliphatic rings. The van der Waals surface area contributed by atoms with E-state index in [-0.39, 0.29) is 17.9 Å². The van der Waals surface area contributed by atoms with E-state index in [0.717, 1.165) is 38.2 Å². The molecule has 5 nitrogen and oxygen atoms in total. The van der Waals surface area contributed by atoms with Crippen molar-refractivity contribution in [2.75, 3.05) is 25.0 Å². The largest absolute Gasteiger partial charge is 0.396 e. The highest BCUT2D eigenvalue weighted by molar-refractivity contribution is 7.13. The van der Waals surface area contributed by atoms with Gasteiger partial charge >= 0.3 is 0 Å². The molecule has 2 heterocycles. The van der Waals surface area contributed by atoms with Gasteiger partial charge in [-0.2, -0.15) is 0 Å². The summed E-state index contributed by atoms with van der Waals surface area (Å²) >= 11 is 1.45. The van der Waals surface area contributed by atoms with Crippen LogP contribution in [0.25, 0.3) is 0 Å². The summed E-state index contributed by atoms with van der Waals surface area (Å²) in [6, 6.07) is 0. The van der Waals surface area contributed by atoms with Gasteiger partial charge in [-0.1, -0.05) is 6.92 Å². The lowest BCUT2D eigenvalue weighted by Gasteiger charge is -2.39. The molecule has 0 radical (unpaired) electrons. The fourth-order valence-electron chi connectivity index (χ4n) is 2.51. The van der Waals surface area contributed by atoms with Crippen LogP contribution < -0.4 is 5.32 Å². The number of likely N-dealkylation sites (tertiary alicyclic amines) is 1. The molecule has 0 bridgehead atoms. The average Bonchev–Trinajstić information content (AvgIpc) is 2.76. The maximum Gasteiger partial charge on any atom is 0.223 e. The van der Waals surface area contributed by atoms with E-state index < -0.39 is 0 Å². The highest BCUT2D eigenvalue weighted by Crippen LogP contribution is 2.29. The highest BCUT2D eigenvalue weighted by atomic mass is 32.1. The molecule has 0 aromatic carbocycles. The molecule has 1 fully saturated rings. The van der Waals surface area contributed by atoms with E-state index in [2.05, 4.69) is 22.1 Å². The molecule has 0 aliphatic carbocycles. The van der Waals surface area contributed by atoms with Gasteiger partial charge in [0.25, 0.3) is 0 Å². The predicted molar refractivity (Wildman–Crippen MR) is 76.1 cm³/mol. The van der Waals surface area contributed by atoms with E-state index in [9.17, 15) is 9.90 Å². The normalized spacial score (nSPS) is 24.4. The van der Waals surface area contributed by atoms with Gasteiger partial charge in [0, 0.05) is 37.4 Å². The van der Waals surface area contributed by atoms with Crippen LogP contribution in [0.4, 0.5) is 5.13 Å². The summed E-state index contributed by atoms with van der Waals surface area (Å²) in [7, 11) is 0. The van der Waals surface area contributed by atoms with E-state index in [0.29, 0.717) is 5.13 Å². The molecule has 1 amide bonds. The van der Waals surface area contributed by atoms with Crippen molar-refractivity contribution >= 4 is 22.4 Å². The molecule has 0 spiro atoms. The molecule has 1 saturated heterocycles. The maximum absolute atomic E-state index is 11.0. The number of carbonyl (C=O) groups is 1. The van der Waals surface area contributed by atoms with Crippen molar-refractivity contribution in [2.45, 2.75) is 33.2 Å². The second-order valence-corrected chi connectivity index (χ2v) is 6.47. The van der Waals surface area contributed by atoms with Gasteiger partial charge in [0.2, 0.25) is 5.91 Å². The summed E-state index contributed by atoms with van der Waals surface area (Å²) in [5.74, 6) is -0.0910. The van der Waals surface area contributed by atoms with Gasteiger partial charge < -0.3 is 10.4 Å². The molecule has 1 atom stereocenters. The summed E-state index contributed by atoms with van der Waals surface area (Å²) in [5.41, 5.74) is 0.991. The number of nitrogens with one attached hydrogen (secondary N) is 1. The molecule has 2 rings (SSSR count). The Morgan fingerprint density at radius 3 is 3.16 bits per heavy atom. The molecule has 19 heavy (non-hydrogen) atoms. The van der Waals surface area contributed by atoms with Crippen LogP contribution in [0, 0.1) is 5.41 Å². The number of piperidine rings is 1. The van der Waals surface area contributed by atoms with Gasteiger partial charge in [0.15, 0.2) is 5.13 Å². The van der Waals surface area contributed by atoms with Crippen LogP contribution in [0.2, 0.25) is 0 Å². The Kier molecular flexibility index (Phi) is 4.54. The minimum Gasteiger partial charge on any atom is -0.396 e. The molecular weight excluding hydrogens is 262 g/mol. The first kappa shape index (κ1) is 14.4. The zero-order valence-electron chi connectivity index (χ0n) is 11.5. The third kappa shape index (κ3) is 3.99. The first-order chi connectivity index (χ1) is 9.00. The van der Waals surface area contributed by atoms with Gasteiger partial charge in [-0.3, -0.25) is 9.69 Å². The van der Waals surface area contributed by atoms with Gasteiger partial charge in [-0.25, -0.2) is 4.98 Å². The van der Waals surface area contributed by atoms with Crippen molar-refractivity contribution in [3.63, 3.8) is 0 Å². The molecular formula is C13H21N3O2S. The topological polar surface area (TPSA) is 65.5 Å². The standard InChI is InChI=1S/C13H21N3O2S/c1-10(18)14-12-15-11(7-19-12)6-16-5-3-4-13(2,8-16)9-17/h7,17H,3-6,8-9H2,1-2H3,(H,14,15,18). The summed E-state index contributed by atoms with van der Waals surface area (Å²) in [6.45, 7) is 6.57. The van der Waals surface area contributed by atoms with Crippen LogP contribution in [-0.4, -0.2) is 40.6 Å². The first-order valence-electron chi connectivity index (χ1n) is 6.56. The molecule has 0 saturated carbocycles. The fraction of sp³-hybridized carbons (Fsp3) is 0.692. The number of aliphatic hydroxyl groups excluding tert-OH is 1. The third-order valence-electron chi connectivity index (χ3n) is 3.46. The number of aliphatic hydroxyl groups is 1. The zero-order chi connectivity index (χ0) is 13.9. The van der Waals surface area contributed by atoms with Crippen molar-refractivity contribution in [2.24, 2.45) is 5.41 Å². The third-order valence-corrected chi connectivity index (χ3v) is 4.27. The quantitative estimate of drug-likeness (QED) is 0.882. The number of amides is 1.